The summed E-state index contributed by atoms with van der Waals surface area (Å²) in [5, 5.41) is 16.8. The molecule has 1 heterocycles. The molecule has 8 heteroatoms. The van der Waals surface area contributed by atoms with Crippen LogP contribution in [0.2, 0.25) is 5.02 Å². The Labute approximate surface area is 156 Å². The summed E-state index contributed by atoms with van der Waals surface area (Å²) in [6.45, 7) is 2.13. The first-order valence-electron chi connectivity index (χ1n) is 9.02. The second kappa shape index (κ2) is 8.58. The molecule has 140 valence electrons. The Kier molecular flexibility index (Phi) is 6.19. The van der Waals surface area contributed by atoms with E-state index in [1.54, 1.807) is 6.07 Å². The van der Waals surface area contributed by atoms with Gasteiger partial charge >= 0.3 is 0 Å². The van der Waals surface area contributed by atoms with Crippen LogP contribution in [0.15, 0.2) is 18.2 Å². The first-order valence-corrected chi connectivity index (χ1v) is 9.40. The highest BCUT2D eigenvalue weighted by Crippen LogP contribution is 2.32. The maximum Gasteiger partial charge on any atom is 0.221 e. The molecule has 1 amide bonds. The lowest BCUT2D eigenvalue weighted by Gasteiger charge is -2.27. The van der Waals surface area contributed by atoms with Gasteiger partial charge in [0.05, 0.1) is 5.02 Å². The number of tetrazole rings is 1. The number of benzene rings is 1. The molecule has 0 bridgehead atoms. The van der Waals surface area contributed by atoms with Crippen molar-refractivity contribution >= 4 is 17.5 Å². The van der Waals surface area contributed by atoms with Gasteiger partial charge in [-0.3, -0.25) is 4.79 Å². The van der Waals surface area contributed by atoms with Crippen LogP contribution >= 0.6 is 11.6 Å². The van der Waals surface area contributed by atoms with Gasteiger partial charge in [0.2, 0.25) is 11.7 Å². The minimum Gasteiger partial charge on any atom is -0.342 e. The number of carbonyl (C=O) groups excluding carboxylic acids is 1. The van der Waals surface area contributed by atoms with E-state index in [1.165, 1.54) is 44.2 Å². The number of nitrogens with one attached hydrogen (secondary N) is 2. The molecule has 3 rings (SSSR count). The number of H-pyrrole nitrogens is 1. The lowest BCUT2D eigenvalue weighted by Crippen LogP contribution is -2.32. The number of nitrogens with zero attached hydrogens (tertiary/aromatic N) is 3. The van der Waals surface area contributed by atoms with Crippen LogP contribution in [0.25, 0.3) is 0 Å². The number of amides is 1. The molecule has 0 aliphatic heterocycles. The van der Waals surface area contributed by atoms with Crippen LogP contribution in [0.5, 0.6) is 0 Å². The smallest absolute Gasteiger partial charge is 0.221 e. The number of halogens is 2. The fourth-order valence-electron chi connectivity index (χ4n) is 3.66. The topological polar surface area (TPSA) is 83.6 Å². The molecule has 0 saturated heterocycles. The minimum atomic E-state index is -0.674. The first-order chi connectivity index (χ1) is 12.5. The summed E-state index contributed by atoms with van der Waals surface area (Å²) in [6.07, 6.45) is 6.57. The molecule has 2 N–H and O–H groups in total. The normalized spacial score (nSPS) is 17.7. The van der Waals surface area contributed by atoms with Crippen molar-refractivity contribution < 1.29 is 9.18 Å². The van der Waals surface area contributed by atoms with Gasteiger partial charge in [0.25, 0.3) is 0 Å². The Balaban J connectivity index is 1.71. The van der Waals surface area contributed by atoms with E-state index < -0.39 is 11.9 Å². The Morgan fingerprint density at radius 1 is 1.38 bits per heavy atom. The van der Waals surface area contributed by atoms with Crippen LogP contribution in [0, 0.1) is 17.7 Å². The van der Waals surface area contributed by atoms with E-state index >= 15 is 0 Å². The number of hydrogen-bond donors (Lipinski definition) is 2. The number of carbonyl (C=O) groups is 1. The second-order valence-corrected chi connectivity index (χ2v) is 7.43. The zero-order chi connectivity index (χ0) is 18.5. The molecule has 0 radical (unpaired) electrons. The van der Waals surface area contributed by atoms with Crippen molar-refractivity contribution in [1.29, 1.82) is 0 Å². The maximum atomic E-state index is 13.9. The zero-order valence-electron chi connectivity index (χ0n) is 14.7. The van der Waals surface area contributed by atoms with Crippen molar-refractivity contribution in [2.45, 2.75) is 51.5 Å². The summed E-state index contributed by atoms with van der Waals surface area (Å²) < 4.78 is 13.9. The SMILES string of the molecule is C[C@H](CC(=O)N[C@H](c1ccc(Cl)c(F)c1)c1nn[nH]n1)C1CCCCC1. The summed E-state index contributed by atoms with van der Waals surface area (Å²) in [5.41, 5.74) is 0.520. The van der Waals surface area contributed by atoms with Gasteiger partial charge in [0.15, 0.2) is 0 Å². The second-order valence-electron chi connectivity index (χ2n) is 7.02. The van der Waals surface area contributed by atoms with E-state index in [0.29, 0.717) is 23.8 Å². The maximum absolute atomic E-state index is 13.9. The number of rotatable bonds is 6. The third-order valence-corrected chi connectivity index (χ3v) is 5.47. The molecular formula is C18H23ClFN5O. The van der Waals surface area contributed by atoms with Crippen molar-refractivity contribution in [3.63, 3.8) is 0 Å². The van der Waals surface area contributed by atoms with Crippen LogP contribution in [-0.2, 0) is 4.79 Å². The largest absolute Gasteiger partial charge is 0.342 e. The van der Waals surface area contributed by atoms with Crippen LogP contribution in [-0.4, -0.2) is 26.5 Å². The van der Waals surface area contributed by atoms with Crippen LogP contribution in [0.3, 0.4) is 0 Å². The van der Waals surface area contributed by atoms with Gasteiger partial charge in [-0.25, -0.2) is 4.39 Å². The molecule has 1 fully saturated rings. The molecule has 1 aromatic carbocycles. The highest BCUT2D eigenvalue weighted by atomic mass is 35.5. The van der Waals surface area contributed by atoms with Crippen LogP contribution in [0.4, 0.5) is 4.39 Å². The lowest BCUT2D eigenvalue weighted by molar-refractivity contribution is -0.122. The standard InChI is InChI=1S/C18H23ClFN5O/c1-11(12-5-3-2-4-6-12)9-16(26)21-17(18-22-24-25-23-18)13-7-8-14(19)15(20)10-13/h7-8,10-12,17H,2-6,9H2,1H3,(H,21,26)(H,22,23,24,25)/t11-,17-/m1/s1. The van der Waals surface area contributed by atoms with Crippen molar-refractivity contribution in [3.05, 3.63) is 40.4 Å². The van der Waals surface area contributed by atoms with E-state index in [9.17, 15) is 9.18 Å². The van der Waals surface area contributed by atoms with Gasteiger partial charge in [-0.1, -0.05) is 61.9 Å². The monoisotopic (exact) mass is 379 g/mol. The molecule has 0 unspecified atom stereocenters. The van der Waals surface area contributed by atoms with E-state index in [4.69, 9.17) is 11.6 Å². The lowest BCUT2D eigenvalue weighted by atomic mass is 9.79. The molecular weight excluding hydrogens is 357 g/mol. The Morgan fingerprint density at radius 3 is 2.81 bits per heavy atom. The van der Waals surface area contributed by atoms with Gasteiger partial charge in [0.1, 0.15) is 11.9 Å². The van der Waals surface area contributed by atoms with Gasteiger partial charge in [-0.2, -0.15) is 5.21 Å². The van der Waals surface area contributed by atoms with E-state index in [1.807, 2.05) is 0 Å². The van der Waals surface area contributed by atoms with Gasteiger partial charge in [0, 0.05) is 6.42 Å². The summed E-state index contributed by atoms with van der Waals surface area (Å²) in [5.74, 6) is 0.524. The van der Waals surface area contributed by atoms with Crippen molar-refractivity contribution in [2.24, 2.45) is 11.8 Å². The molecule has 1 aliphatic carbocycles. The number of hydrogen-bond acceptors (Lipinski definition) is 4. The summed E-state index contributed by atoms with van der Waals surface area (Å²) in [7, 11) is 0. The quantitative estimate of drug-likeness (QED) is 0.799. The number of aromatic amines is 1. The Hall–Kier alpha value is -2.02. The Morgan fingerprint density at radius 2 is 2.15 bits per heavy atom. The predicted molar refractivity (Wildman–Crippen MR) is 95.9 cm³/mol. The Bertz CT molecular complexity index is 733. The molecule has 1 aliphatic rings. The van der Waals surface area contributed by atoms with Gasteiger partial charge < -0.3 is 5.32 Å². The molecule has 1 aromatic heterocycles. The van der Waals surface area contributed by atoms with E-state index in [2.05, 4.69) is 32.9 Å². The van der Waals surface area contributed by atoms with Crippen molar-refractivity contribution in [1.82, 2.24) is 25.9 Å². The number of aromatic nitrogens is 4. The zero-order valence-corrected chi connectivity index (χ0v) is 15.5. The third kappa shape index (κ3) is 4.58. The average Bonchev–Trinajstić information content (AvgIpc) is 3.17. The highest BCUT2D eigenvalue weighted by Gasteiger charge is 2.26. The summed E-state index contributed by atoms with van der Waals surface area (Å²) in [6, 6.07) is 3.72. The van der Waals surface area contributed by atoms with Crippen LogP contribution in [0.1, 0.15) is 62.9 Å². The van der Waals surface area contributed by atoms with E-state index in [-0.39, 0.29) is 16.8 Å². The fourth-order valence-corrected chi connectivity index (χ4v) is 3.78. The first kappa shape index (κ1) is 18.8. The average molecular weight is 380 g/mol. The highest BCUT2D eigenvalue weighted by molar-refractivity contribution is 6.30. The van der Waals surface area contributed by atoms with E-state index in [0.717, 1.165) is 0 Å². The summed E-state index contributed by atoms with van der Waals surface area (Å²) in [4.78, 5) is 12.6. The van der Waals surface area contributed by atoms with Crippen molar-refractivity contribution in [3.8, 4) is 0 Å². The molecule has 2 aromatic rings. The third-order valence-electron chi connectivity index (χ3n) is 5.16. The van der Waals surface area contributed by atoms with Gasteiger partial charge in [-0.05, 0) is 29.5 Å². The molecule has 1 saturated carbocycles. The van der Waals surface area contributed by atoms with Gasteiger partial charge in [-0.15, -0.1) is 10.2 Å². The van der Waals surface area contributed by atoms with Crippen LogP contribution < -0.4 is 5.32 Å². The molecule has 2 atom stereocenters. The predicted octanol–water partition coefficient (Wildman–Crippen LogP) is 3.80. The summed E-state index contributed by atoms with van der Waals surface area (Å²) >= 11 is 5.76. The molecule has 6 nitrogen and oxygen atoms in total. The minimum absolute atomic E-state index is 0.0258. The molecule has 0 spiro atoms. The molecule has 26 heavy (non-hydrogen) atoms. The van der Waals surface area contributed by atoms with Crippen molar-refractivity contribution in [2.75, 3.05) is 0 Å². The fraction of sp³-hybridized carbons (Fsp3) is 0.556.